The quantitative estimate of drug-likeness (QED) is 0.0199. The van der Waals surface area contributed by atoms with Gasteiger partial charge in [-0.3, -0.25) is 9.59 Å². The van der Waals surface area contributed by atoms with E-state index in [0.717, 1.165) is 58.3 Å². The lowest BCUT2D eigenvalue weighted by atomic mass is 9.88. The van der Waals surface area contributed by atoms with Crippen molar-refractivity contribution in [2.45, 2.75) is 503 Å². The van der Waals surface area contributed by atoms with Gasteiger partial charge in [-0.2, -0.15) is 0 Å². The molecule has 3 saturated heterocycles. The number of unbranched alkanes of at least 4 members (excludes halogenated alkanes) is 52. The largest absolute Gasteiger partial charge is 0.477 e. The molecule has 0 radical (unpaired) electrons. The molecule has 0 saturated carbocycles. The average molecular weight is 1590 g/mol. The molecule has 0 aromatic carbocycles. The van der Waals surface area contributed by atoms with Crippen LogP contribution in [0.25, 0.3) is 0 Å². The van der Waals surface area contributed by atoms with Crippen LogP contribution in [0.3, 0.4) is 0 Å². The third-order valence-electron chi connectivity index (χ3n) is 23.2. The van der Waals surface area contributed by atoms with Crippen LogP contribution in [-0.4, -0.2) is 215 Å². The molecule has 111 heavy (non-hydrogen) atoms. The second-order valence-corrected chi connectivity index (χ2v) is 33.2. The molecular formula is C88H166N2O21. The number of amides is 2. The topological polar surface area (TPSA) is 373 Å². The van der Waals surface area contributed by atoms with Gasteiger partial charge in [0, 0.05) is 19.8 Å². The van der Waals surface area contributed by atoms with Crippen molar-refractivity contribution in [2.24, 2.45) is 0 Å². The van der Waals surface area contributed by atoms with Crippen molar-refractivity contribution in [2.75, 3.05) is 26.4 Å². The summed E-state index contributed by atoms with van der Waals surface area (Å²) in [5, 5.41) is 137. The maximum atomic E-state index is 13.6. The summed E-state index contributed by atoms with van der Waals surface area (Å²) < 4.78 is 35.1. The smallest absolute Gasteiger partial charge is 0.364 e. The van der Waals surface area contributed by atoms with E-state index in [1.165, 1.54) is 289 Å². The van der Waals surface area contributed by atoms with Gasteiger partial charge >= 0.3 is 5.97 Å². The molecule has 3 aliphatic heterocycles. The summed E-state index contributed by atoms with van der Waals surface area (Å²) in [6.07, 6.45) is 46.5. The van der Waals surface area contributed by atoms with Crippen LogP contribution in [0.15, 0.2) is 12.2 Å². The summed E-state index contributed by atoms with van der Waals surface area (Å²) in [7, 11) is 0. The minimum absolute atomic E-state index is 0.228. The van der Waals surface area contributed by atoms with Gasteiger partial charge in [0.15, 0.2) is 12.6 Å². The first-order valence-corrected chi connectivity index (χ1v) is 45.5. The Morgan fingerprint density at radius 1 is 0.459 bits per heavy atom. The third kappa shape index (κ3) is 45.3. The first-order valence-electron chi connectivity index (χ1n) is 45.5. The number of allylic oxidation sites excluding steroid dienone is 2. The van der Waals surface area contributed by atoms with Gasteiger partial charge in [-0.1, -0.05) is 347 Å². The van der Waals surface area contributed by atoms with E-state index in [9.17, 15) is 75.7 Å². The fourth-order valence-corrected chi connectivity index (χ4v) is 16.1. The maximum absolute atomic E-state index is 13.6. The highest BCUT2D eigenvalue weighted by Gasteiger charge is 2.60. The molecule has 18 unspecified atom stereocenters. The van der Waals surface area contributed by atoms with Gasteiger partial charge in [-0.05, 0) is 38.5 Å². The normalized spacial score (nSPS) is 25.5. The highest BCUT2D eigenvalue weighted by molar-refractivity contribution is 5.77. The van der Waals surface area contributed by atoms with Crippen LogP contribution in [0, 0.1) is 0 Å². The van der Waals surface area contributed by atoms with Crippen LogP contribution in [0.1, 0.15) is 393 Å². The number of hydrogen-bond donors (Lipinski definition) is 14. The first kappa shape index (κ1) is 103. The lowest BCUT2D eigenvalue weighted by Gasteiger charge is -2.50. The summed E-state index contributed by atoms with van der Waals surface area (Å²) in [5.41, 5.74) is 0. The van der Waals surface area contributed by atoms with Crippen LogP contribution in [0.4, 0.5) is 0 Å². The van der Waals surface area contributed by atoms with Crippen molar-refractivity contribution in [3.05, 3.63) is 12.2 Å². The van der Waals surface area contributed by atoms with Crippen LogP contribution in [0.5, 0.6) is 0 Å². The van der Waals surface area contributed by atoms with E-state index in [4.69, 9.17) is 28.4 Å². The first-order chi connectivity index (χ1) is 53.9. The Labute approximate surface area is 671 Å². The molecule has 3 rings (SSSR count). The SMILES string of the molecule is CCCCCCCCCCCCCCCC/C=C\CCCCCCCCCCCCCCCCCCCC(=O)NC(COC1OC(CO)C(OC2OC(CO)C(O)C(OC3(C(=O)O)CC(O)C(NC(C)=O)C(C(O)C(O)CO)O3)C2O)C(O)C1O)C(O)CCCCCCCCCCCCCCCCCCCCCCCC. The molecule has 0 aromatic heterocycles. The molecule has 18 atom stereocenters. The van der Waals surface area contributed by atoms with Gasteiger partial charge < -0.3 is 100 Å². The van der Waals surface area contributed by atoms with E-state index in [1.807, 2.05) is 0 Å². The number of aliphatic hydroxyl groups excluding tert-OH is 11. The molecule has 3 heterocycles. The highest BCUT2D eigenvalue weighted by Crippen LogP contribution is 2.39. The molecule has 0 bridgehead atoms. The zero-order valence-corrected chi connectivity index (χ0v) is 69.9. The third-order valence-corrected chi connectivity index (χ3v) is 23.2. The number of carboxylic acid groups (broad SMARTS) is 1. The number of ether oxygens (including phenoxy) is 6. The van der Waals surface area contributed by atoms with Crippen LogP contribution < -0.4 is 10.6 Å². The second-order valence-electron chi connectivity index (χ2n) is 33.2. The molecular weight excluding hydrogens is 1420 g/mol. The summed E-state index contributed by atoms with van der Waals surface area (Å²) >= 11 is 0. The number of aliphatic carboxylic acids is 1. The fourth-order valence-electron chi connectivity index (χ4n) is 16.1. The van der Waals surface area contributed by atoms with Crippen molar-refractivity contribution < 1.29 is 104 Å². The van der Waals surface area contributed by atoms with Crippen molar-refractivity contribution in [3.8, 4) is 0 Å². The monoisotopic (exact) mass is 1590 g/mol. The number of nitrogens with one attached hydrogen (secondary N) is 2. The Morgan fingerprint density at radius 2 is 0.838 bits per heavy atom. The standard InChI is InChI=1S/C88H166N2O21/c1-4-6-8-10-12-14-16-18-20-22-24-26-28-29-30-31-32-33-34-35-36-37-38-39-40-42-44-46-48-50-52-54-56-58-60-62-75(98)90-69(70(95)61-59-57-55-53-51-49-47-45-43-41-27-25-23-21-19-17-15-13-11-9-7-5-2)67-106-85-80(102)79(101)82(74(66-93)108-85)109-86-81(103)84(78(100)73(65-92)107-86)111-88(87(104)105)63-71(96)76(89-68(3)94)83(110-88)77(99)72(97)64-91/h31-32,69-74,76-86,91-93,95-97,99-103H,4-30,33-67H2,1-3H3,(H,89,94)(H,90,98)(H,104,105)/b32-31-. The Kier molecular flexibility index (Phi) is 61.4. The second kappa shape index (κ2) is 66.4. The molecule has 2 amide bonds. The molecule has 0 spiro atoms. The van der Waals surface area contributed by atoms with E-state index in [0.29, 0.717) is 19.3 Å². The van der Waals surface area contributed by atoms with Crippen LogP contribution in [0.2, 0.25) is 0 Å². The van der Waals surface area contributed by atoms with Crippen molar-refractivity contribution in [3.63, 3.8) is 0 Å². The number of hydrogen-bond acceptors (Lipinski definition) is 20. The fraction of sp³-hybridized carbons (Fsp3) is 0.943. The minimum Gasteiger partial charge on any atom is -0.477 e. The Balaban J connectivity index is 1.43. The molecule has 3 aliphatic rings. The Morgan fingerprint density at radius 3 is 1.22 bits per heavy atom. The maximum Gasteiger partial charge on any atom is 0.364 e. The van der Waals surface area contributed by atoms with Crippen LogP contribution in [-0.2, 0) is 42.8 Å². The van der Waals surface area contributed by atoms with E-state index >= 15 is 0 Å². The predicted molar refractivity (Wildman–Crippen MR) is 435 cm³/mol. The molecule has 0 aromatic rings. The predicted octanol–water partition coefficient (Wildman–Crippen LogP) is 14.5. The summed E-state index contributed by atoms with van der Waals surface area (Å²) in [5.74, 6) is -6.09. The molecule has 3 fully saturated rings. The Hall–Kier alpha value is -2.53. The molecule has 23 heteroatoms. The minimum atomic E-state index is -3.08. The summed E-state index contributed by atoms with van der Waals surface area (Å²) in [6.45, 7) is 2.29. The van der Waals surface area contributed by atoms with Gasteiger partial charge in [0.25, 0.3) is 5.79 Å². The highest BCUT2D eigenvalue weighted by atomic mass is 16.8. The van der Waals surface area contributed by atoms with E-state index in [1.54, 1.807) is 0 Å². The van der Waals surface area contributed by atoms with Crippen molar-refractivity contribution in [1.82, 2.24) is 10.6 Å². The van der Waals surface area contributed by atoms with Gasteiger partial charge in [0.2, 0.25) is 11.8 Å². The number of carbonyl (C=O) groups excluding carboxylic acids is 2. The number of rotatable bonds is 74. The van der Waals surface area contributed by atoms with Crippen molar-refractivity contribution in [1.29, 1.82) is 0 Å². The number of carbonyl (C=O) groups is 3. The molecule has 654 valence electrons. The van der Waals surface area contributed by atoms with Gasteiger partial charge in [0.05, 0.1) is 50.7 Å². The summed E-state index contributed by atoms with van der Waals surface area (Å²) in [6, 6.07) is -2.53. The summed E-state index contributed by atoms with van der Waals surface area (Å²) in [4.78, 5) is 38.8. The zero-order chi connectivity index (χ0) is 81.0. The number of aliphatic hydroxyl groups is 11. The zero-order valence-electron chi connectivity index (χ0n) is 69.9. The molecule has 0 aliphatic carbocycles. The average Bonchev–Trinajstić information content (AvgIpc) is 0.753. The Bertz CT molecular complexity index is 2240. The van der Waals surface area contributed by atoms with E-state index < -0.39 is 148 Å². The lowest BCUT2D eigenvalue weighted by Crippen LogP contribution is -2.70. The van der Waals surface area contributed by atoms with Crippen LogP contribution >= 0.6 is 0 Å². The van der Waals surface area contributed by atoms with Crippen molar-refractivity contribution >= 4 is 17.8 Å². The molecule has 14 N–H and O–H groups in total. The number of carboxylic acids is 1. The van der Waals surface area contributed by atoms with E-state index in [-0.39, 0.29) is 18.9 Å². The van der Waals surface area contributed by atoms with Gasteiger partial charge in [-0.25, -0.2) is 4.79 Å². The molecule has 23 nitrogen and oxygen atoms in total. The lowest BCUT2D eigenvalue weighted by molar-refractivity contribution is -0.386. The van der Waals surface area contributed by atoms with Gasteiger partial charge in [-0.15, -0.1) is 0 Å². The van der Waals surface area contributed by atoms with Gasteiger partial charge in [0.1, 0.15) is 67.1 Å². The van der Waals surface area contributed by atoms with E-state index in [2.05, 4.69) is 36.6 Å².